The Morgan fingerprint density at radius 2 is 2.19 bits per heavy atom. The first kappa shape index (κ1) is 18.2. The molecule has 0 saturated carbocycles. The van der Waals surface area contributed by atoms with E-state index in [1.165, 1.54) is 0 Å². The highest BCUT2D eigenvalue weighted by atomic mass is 32.1. The lowest BCUT2D eigenvalue weighted by Gasteiger charge is -2.26. The Morgan fingerprint density at radius 1 is 1.33 bits per heavy atom. The van der Waals surface area contributed by atoms with Gasteiger partial charge < -0.3 is 14.5 Å². The highest BCUT2D eigenvalue weighted by Gasteiger charge is 2.18. The zero-order chi connectivity index (χ0) is 18.6. The first-order valence-electron chi connectivity index (χ1n) is 9.39. The lowest BCUT2D eigenvalue weighted by molar-refractivity contribution is 0.0383. The number of aryl methyl sites for hydroxylation is 1. The number of rotatable bonds is 6. The number of carbonyl (C=O) groups excluding carboxylic acids is 1. The average Bonchev–Trinajstić information content (AvgIpc) is 3.33. The molecule has 1 N–H and O–H groups in total. The average molecular weight is 385 g/mol. The number of pyridine rings is 1. The van der Waals surface area contributed by atoms with Crippen LogP contribution < -0.4 is 5.32 Å². The Morgan fingerprint density at radius 3 is 2.96 bits per heavy atom. The highest BCUT2D eigenvalue weighted by Crippen LogP contribution is 2.27. The van der Waals surface area contributed by atoms with Crippen molar-refractivity contribution < 1.29 is 9.53 Å². The Kier molecular flexibility index (Phi) is 5.52. The lowest BCUT2D eigenvalue weighted by atomic mass is 10.2. The van der Waals surface area contributed by atoms with Crippen LogP contribution in [0.25, 0.3) is 16.9 Å². The van der Waals surface area contributed by atoms with Crippen molar-refractivity contribution in [2.45, 2.75) is 13.3 Å². The zero-order valence-electron chi connectivity index (χ0n) is 15.5. The van der Waals surface area contributed by atoms with Crippen LogP contribution in [0.2, 0.25) is 0 Å². The predicted octanol–water partition coefficient (Wildman–Crippen LogP) is 2.69. The van der Waals surface area contributed by atoms with E-state index in [0.29, 0.717) is 12.1 Å². The molecule has 0 atom stereocenters. The summed E-state index contributed by atoms with van der Waals surface area (Å²) in [5.41, 5.74) is 3.48. The van der Waals surface area contributed by atoms with E-state index in [2.05, 4.69) is 22.5 Å². The monoisotopic (exact) mass is 384 g/mol. The Balaban J connectivity index is 1.53. The van der Waals surface area contributed by atoms with Gasteiger partial charge in [-0.1, -0.05) is 13.0 Å². The van der Waals surface area contributed by atoms with Crippen molar-refractivity contribution in [2.24, 2.45) is 0 Å². The SMILES string of the molecule is CCc1nc(-c2cc(C(=O)NCCN3CCOCC3)c3ccccn23)cs1. The minimum absolute atomic E-state index is 0.0378. The fraction of sp³-hybridized carbons (Fsp3) is 0.400. The molecule has 3 aromatic heterocycles. The summed E-state index contributed by atoms with van der Waals surface area (Å²) < 4.78 is 7.41. The minimum Gasteiger partial charge on any atom is -0.379 e. The van der Waals surface area contributed by atoms with Gasteiger partial charge in [-0.25, -0.2) is 4.98 Å². The molecule has 0 aromatic carbocycles. The van der Waals surface area contributed by atoms with Gasteiger partial charge in [-0.05, 0) is 24.6 Å². The fourth-order valence-corrected chi connectivity index (χ4v) is 4.11. The lowest BCUT2D eigenvalue weighted by Crippen LogP contribution is -2.41. The quantitative estimate of drug-likeness (QED) is 0.710. The van der Waals surface area contributed by atoms with Gasteiger partial charge in [-0.2, -0.15) is 0 Å². The number of ether oxygens (including phenoxy) is 1. The first-order chi connectivity index (χ1) is 13.3. The summed E-state index contributed by atoms with van der Waals surface area (Å²) in [4.78, 5) is 19.8. The molecule has 1 amide bonds. The third-order valence-electron chi connectivity index (χ3n) is 4.85. The van der Waals surface area contributed by atoms with E-state index in [1.54, 1.807) is 11.3 Å². The highest BCUT2D eigenvalue weighted by molar-refractivity contribution is 7.09. The number of aromatic nitrogens is 2. The topological polar surface area (TPSA) is 58.9 Å². The second kappa shape index (κ2) is 8.21. The maximum atomic E-state index is 12.8. The summed E-state index contributed by atoms with van der Waals surface area (Å²) in [6, 6.07) is 7.87. The smallest absolute Gasteiger partial charge is 0.253 e. The van der Waals surface area contributed by atoms with Gasteiger partial charge in [-0.15, -0.1) is 11.3 Å². The Labute approximate surface area is 162 Å². The number of carbonyl (C=O) groups is 1. The molecule has 0 radical (unpaired) electrons. The number of nitrogens with zero attached hydrogens (tertiary/aromatic N) is 3. The summed E-state index contributed by atoms with van der Waals surface area (Å²) in [7, 11) is 0. The van der Waals surface area contributed by atoms with Crippen LogP contribution in [0.1, 0.15) is 22.3 Å². The molecule has 0 bridgehead atoms. The Bertz CT molecular complexity index is 927. The maximum absolute atomic E-state index is 12.8. The van der Waals surface area contributed by atoms with E-state index in [1.807, 2.05) is 34.9 Å². The largest absolute Gasteiger partial charge is 0.379 e. The third kappa shape index (κ3) is 3.90. The molecule has 4 rings (SSSR count). The number of morpholine rings is 1. The number of thiazole rings is 1. The van der Waals surface area contributed by atoms with Crippen LogP contribution in [0.3, 0.4) is 0 Å². The van der Waals surface area contributed by atoms with Crippen LogP contribution in [0.15, 0.2) is 35.8 Å². The van der Waals surface area contributed by atoms with Crippen molar-refractivity contribution in [2.75, 3.05) is 39.4 Å². The van der Waals surface area contributed by atoms with E-state index in [4.69, 9.17) is 9.72 Å². The van der Waals surface area contributed by atoms with Gasteiger partial charge in [0.1, 0.15) is 0 Å². The number of nitrogens with one attached hydrogen (secondary N) is 1. The molecular weight excluding hydrogens is 360 g/mol. The summed E-state index contributed by atoms with van der Waals surface area (Å²) in [5.74, 6) is -0.0378. The van der Waals surface area contributed by atoms with Crippen LogP contribution in [0, 0.1) is 0 Å². The van der Waals surface area contributed by atoms with Crippen molar-refractivity contribution in [3.05, 3.63) is 46.4 Å². The predicted molar refractivity (Wildman–Crippen MR) is 107 cm³/mol. The molecule has 3 aromatic rings. The van der Waals surface area contributed by atoms with Gasteiger partial charge in [0, 0.05) is 37.8 Å². The Hall–Kier alpha value is -2.22. The van der Waals surface area contributed by atoms with Crippen molar-refractivity contribution in [1.29, 1.82) is 0 Å². The number of amides is 1. The minimum atomic E-state index is -0.0378. The molecule has 0 aliphatic carbocycles. The summed E-state index contributed by atoms with van der Waals surface area (Å²) in [6.45, 7) is 6.99. The molecule has 27 heavy (non-hydrogen) atoms. The zero-order valence-corrected chi connectivity index (χ0v) is 16.3. The molecule has 1 saturated heterocycles. The first-order valence-corrected chi connectivity index (χ1v) is 10.3. The number of hydrogen-bond acceptors (Lipinski definition) is 5. The van der Waals surface area contributed by atoms with Crippen LogP contribution in [-0.2, 0) is 11.2 Å². The summed E-state index contributed by atoms with van der Waals surface area (Å²) in [5, 5.41) is 6.23. The molecule has 1 aliphatic rings. The molecule has 4 heterocycles. The van der Waals surface area contributed by atoms with E-state index < -0.39 is 0 Å². The normalized spacial score (nSPS) is 15.3. The standard InChI is InChI=1S/C20H24N4O2S/c1-2-19-22-16(14-27-19)18-13-15(17-5-3-4-7-24(17)18)20(25)21-6-8-23-9-11-26-12-10-23/h3-5,7,13-14H,2,6,8-12H2,1H3,(H,21,25). The second-order valence-corrected chi connectivity index (χ2v) is 7.53. The van der Waals surface area contributed by atoms with Crippen molar-refractivity contribution in [3.63, 3.8) is 0 Å². The second-order valence-electron chi connectivity index (χ2n) is 6.59. The fourth-order valence-electron chi connectivity index (χ4n) is 3.37. The van der Waals surface area contributed by atoms with Crippen LogP contribution in [-0.4, -0.2) is 59.6 Å². The van der Waals surface area contributed by atoms with Gasteiger partial charge >= 0.3 is 0 Å². The molecule has 142 valence electrons. The van der Waals surface area contributed by atoms with Crippen molar-refractivity contribution in [3.8, 4) is 11.4 Å². The maximum Gasteiger partial charge on any atom is 0.253 e. The number of fused-ring (bicyclic) bond motifs is 1. The number of hydrogen-bond donors (Lipinski definition) is 1. The van der Waals surface area contributed by atoms with Crippen molar-refractivity contribution in [1.82, 2.24) is 19.6 Å². The van der Waals surface area contributed by atoms with Crippen LogP contribution >= 0.6 is 11.3 Å². The van der Waals surface area contributed by atoms with Gasteiger partial charge in [0.05, 0.1) is 40.7 Å². The van der Waals surface area contributed by atoms with Gasteiger partial charge in [0.25, 0.3) is 5.91 Å². The van der Waals surface area contributed by atoms with Gasteiger partial charge in [0.2, 0.25) is 0 Å². The summed E-state index contributed by atoms with van der Waals surface area (Å²) in [6.07, 6.45) is 2.91. The molecular formula is C20H24N4O2S. The van der Waals surface area contributed by atoms with Crippen LogP contribution in [0.5, 0.6) is 0 Å². The molecule has 1 aliphatic heterocycles. The molecule has 6 nitrogen and oxygen atoms in total. The molecule has 0 unspecified atom stereocenters. The molecule has 1 fully saturated rings. The van der Waals surface area contributed by atoms with E-state index in [-0.39, 0.29) is 5.91 Å². The van der Waals surface area contributed by atoms with Gasteiger partial charge in [-0.3, -0.25) is 9.69 Å². The van der Waals surface area contributed by atoms with E-state index >= 15 is 0 Å². The summed E-state index contributed by atoms with van der Waals surface area (Å²) >= 11 is 1.66. The van der Waals surface area contributed by atoms with Gasteiger partial charge in [0.15, 0.2) is 0 Å². The van der Waals surface area contributed by atoms with Crippen LogP contribution in [0.4, 0.5) is 0 Å². The van der Waals surface area contributed by atoms with Crippen molar-refractivity contribution >= 4 is 22.8 Å². The van der Waals surface area contributed by atoms with E-state index in [0.717, 1.165) is 61.2 Å². The van der Waals surface area contributed by atoms with E-state index in [9.17, 15) is 4.79 Å². The third-order valence-corrected chi connectivity index (χ3v) is 5.85. The molecule has 0 spiro atoms. The molecule has 7 heteroatoms.